The van der Waals surface area contributed by atoms with Gasteiger partial charge in [-0.15, -0.1) is 0 Å². The molecule has 1 N–H and O–H groups in total. The summed E-state index contributed by atoms with van der Waals surface area (Å²) < 4.78 is 21.6. The molecule has 1 aromatic heterocycles. The first-order valence-corrected chi connectivity index (χ1v) is 10.1. The molecule has 4 rings (SSSR count). The van der Waals surface area contributed by atoms with Crippen molar-refractivity contribution in [2.24, 2.45) is 0 Å². The molecule has 1 saturated heterocycles. The SMILES string of the molecule is COc1cc(OC)cc(N2C(=O)C(=O)/C(=C(\O)c3cc(C)ccc3OC)C2c2ccco2)c1. The third kappa shape index (κ3) is 3.80. The van der Waals surface area contributed by atoms with Crippen LogP contribution < -0.4 is 19.1 Å². The number of ketones is 1. The number of carbonyl (C=O) groups excluding carboxylic acids is 2. The van der Waals surface area contributed by atoms with Crippen LogP contribution >= 0.6 is 0 Å². The molecule has 8 nitrogen and oxygen atoms in total. The monoisotopic (exact) mass is 449 g/mol. The molecule has 0 spiro atoms. The Morgan fingerprint density at radius 2 is 1.67 bits per heavy atom. The average Bonchev–Trinajstić information content (AvgIpc) is 3.45. The molecule has 8 heteroatoms. The van der Waals surface area contributed by atoms with Gasteiger partial charge in [0.1, 0.15) is 34.8 Å². The van der Waals surface area contributed by atoms with E-state index in [9.17, 15) is 14.7 Å². The highest BCUT2D eigenvalue weighted by molar-refractivity contribution is 6.51. The van der Waals surface area contributed by atoms with Crippen LogP contribution in [0, 0.1) is 6.92 Å². The van der Waals surface area contributed by atoms with E-state index in [0.29, 0.717) is 34.3 Å². The van der Waals surface area contributed by atoms with Crippen molar-refractivity contribution in [1.82, 2.24) is 0 Å². The van der Waals surface area contributed by atoms with Gasteiger partial charge in [-0.1, -0.05) is 11.6 Å². The predicted octanol–water partition coefficient (Wildman–Crippen LogP) is 4.24. The molecular formula is C25H23NO7. The van der Waals surface area contributed by atoms with Crippen molar-refractivity contribution < 1.29 is 33.3 Å². The maximum Gasteiger partial charge on any atom is 0.300 e. The van der Waals surface area contributed by atoms with Crippen LogP contribution in [0.3, 0.4) is 0 Å². The summed E-state index contributed by atoms with van der Waals surface area (Å²) in [5.41, 5.74) is 1.39. The number of methoxy groups -OCH3 is 3. The highest BCUT2D eigenvalue weighted by Gasteiger charge is 2.48. The molecule has 3 aromatic rings. The minimum atomic E-state index is -1.01. The van der Waals surface area contributed by atoms with Crippen LogP contribution in [0.5, 0.6) is 17.2 Å². The van der Waals surface area contributed by atoms with Gasteiger partial charge in [-0.3, -0.25) is 14.5 Å². The Hall–Kier alpha value is -4.20. The lowest BCUT2D eigenvalue weighted by molar-refractivity contribution is -0.132. The number of furan rings is 1. The second-order valence-corrected chi connectivity index (χ2v) is 7.46. The molecule has 0 saturated carbocycles. The van der Waals surface area contributed by atoms with Crippen molar-refractivity contribution >= 4 is 23.1 Å². The maximum absolute atomic E-state index is 13.3. The number of aryl methyl sites for hydroxylation is 1. The Kier molecular flexibility index (Phi) is 5.83. The molecule has 2 heterocycles. The Bertz CT molecular complexity index is 1220. The summed E-state index contributed by atoms with van der Waals surface area (Å²) in [6.07, 6.45) is 1.44. The minimum Gasteiger partial charge on any atom is -0.507 e. The molecule has 1 aliphatic heterocycles. The fraction of sp³-hybridized carbons (Fsp3) is 0.200. The first-order chi connectivity index (χ1) is 15.9. The molecule has 170 valence electrons. The summed E-state index contributed by atoms with van der Waals surface area (Å²) in [6, 6.07) is 12.3. The second kappa shape index (κ2) is 8.74. The van der Waals surface area contributed by atoms with Crippen LogP contribution in [0.1, 0.15) is 22.9 Å². The van der Waals surface area contributed by atoms with Crippen LogP contribution in [0.2, 0.25) is 0 Å². The lowest BCUT2D eigenvalue weighted by Gasteiger charge is -2.24. The molecule has 1 amide bonds. The van der Waals surface area contributed by atoms with Crippen molar-refractivity contribution in [3.8, 4) is 17.2 Å². The summed E-state index contributed by atoms with van der Waals surface area (Å²) >= 11 is 0. The van der Waals surface area contributed by atoms with E-state index in [1.165, 1.54) is 32.5 Å². The summed E-state index contributed by atoms with van der Waals surface area (Å²) in [5.74, 6) is -0.476. The number of hydrogen-bond donors (Lipinski definition) is 1. The number of nitrogens with zero attached hydrogens (tertiary/aromatic N) is 1. The molecule has 1 unspecified atom stereocenters. The average molecular weight is 449 g/mol. The number of anilines is 1. The van der Waals surface area contributed by atoms with E-state index in [2.05, 4.69) is 0 Å². The second-order valence-electron chi connectivity index (χ2n) is 7.46. The molecular weight excluding hydrogens is 426 g/mol. The van der Waals surface area contributed by atoms with Gasteiger partial charge in [0.2, 0.25) is 0 Å². The van der Waals surface area contributed by atoms with E-state index < -0.39 is 17.7 Å². The van der Waals surface area contributed by atoms with Gasteiger partial charge in [-0.25, -0.2) is 0 Å². The lowest BCUT2D eigenvalue weighted by atomic mass is 9.97. The zero-order valence-electron chi connectivity index (χ0n) is 18.6. The number of ether oxygens (including phenoxy) is 3. The van der Waals surface area contributed by atoms with Crippen LogP contribution in [0.25, 0.3) is 5.76 Å². The van der Waals surface area contributed by atoms with Gasteiger partial charge in [0.15, 0.2) is 0 Å². The summed E-state index contributed by atoms with van der Waals surface area (Å²) in [6.45, 7) is 1.85. The van der Waals surface area contributed by atoms with E-state index >= 15 is 0 Å². The zero-order chi connectivity index (χ0) is 23.7. The maximum atomic E-state index is 13.3. The van der Waals surface area contributed by atoms with E-state index in [-0.39, 0.29) is 11.3 Å². The first kappa shape index (κ1) is 22.0. The Morgan fingerprint density at radius 1 is 0.970 bits per heavy atom. The number of hydrogen-bond acceptors (Lipinski definition) is 7. The van der Waals surface area contributed by atoms with Gasteiger partial charge in [-0.05, 0) is 31.2 Å². The fourth-order valence-corrected chi connectivity index (χ4v) is 3.90. The van der Waals surface area contributed by atoms with Crippen molar-refractivity contribution in [1.29, 1.82) is 0 Å². The molecule has 1 atom stereocenters. The number of Topliss-reactive ketones (excluding diaryl/α,β-unsaturated/α-hetero) is 1. The van der Waals surface area contributed by atoms with Gasteiger partial charge >= 0.3 is 0 Å². The van der Waals surface area contributed by atoms with E-state index in [4.69, 9.17) is 18.6 Å². The van der Waals surface area contributed by atoms with Crippen LogP contribution in [-0.4, -0.2) is 38.1 Å². The van der Waals surface area contributed by atoms with Crippen molar-refractivity contribution in [2.45, 2.75) is 13.0 Å². The van der Waals surface area contributed by atoms with Crippen molar-refractivity contribution in [2.75, 3.05) is 26.2 Å². The standard InChI is InChI=1S/C25H23NO7/c1-14-7-8-19(32-4)18(10-14)23(27)21-22(20-6-5-9-33-20)26(25(29)24(21)28)15-11-16(30-2)13-17(12-15)31-3/h5-13,22,27H,1-4H3/b23-21-. The molecule has 1 fully saturated rings. The number of benzene rings is 2. The van der Waals surface area contributed by atoms with E-state index in [1.54, 1.807) is 42.5 Å². The number of aliphatic hydroxyl groups excluding tert-OH is 1. The number of amides is 1. The molecule has 33 heavy (non-hydrogen) atoms. The summed E-state index contributed by atoms with van der Waals surface area (Å²) in [7, 11) is 4.44. The summed E-state index contributed by atoms with van der Waals surface area (Å²) in [5, 5.41) is 11.3. The zero-order valence-corrected chi connectivity index (χ0v) is 18.6. The van der Waals surface area contributed by atoms with Crippen LogP contribution in [0.4, 0.5) is 5.69 Å². The van der Waals surface area contributed by atoms with E-state index in [1.807, 2.05) is 13.0 Å². The Balaban J connectivity index is 1.97. The van der Waals surface area contributed by atoms with Gasteiger partial charge in [0.05, 0.1) is 44.4 Å². The molecule has 0 radical (unpaired) electrons. The minimum absolute atomic E-state index is 0.111. The van der Waals surface area contributed by atoms with Crippen LogP contribution in [0.15, 0.2) is 64.8 Å². The predicted molar refractivity (Wildman–Crippen MR) is 121 cm³/mol. The first-order valence-electron chi connectivity index (χ1n) is 10.1. The van der Waals surface area contributed by atoms with Crippen LogP contribution in [-0.2, 0) is 9.59 Å². The Morgan fingerprint density at radius 3 is 2.24 bits per heavy atom. The number of aliphatic hydroxyl groups is 1. The highest BCUT2D eigenvalue weighted by atomic mass is 16.5. The Labute approximate surface area is 190 Å². The molecule has 0 bridgehead atoms. The normalized spacial score (nSPS) is 17.3. The van der Waals surface area contributed by atoms with Gasteiger partial charge in [-0.2, -0.15) is 0 Å². The van der Waals surface area contributed by atoms with E-state index in [0.717, 1.165) is 5.56 Å². The largest absolute Gasteiger partial charge is 0.507 e. The third-order valence-electron chi connectivity index (χ3n) is 5.48. The van der Waals surface area contributed by atoms with Gasteiger partial charge < -0.3 is 23.7 Å². The van der Waals surface area contributed by atoms with Gasteiger partial charge in [0.25, 0.3) is 11.7 Å². The topological polar surface area (TPSA) is 98.4 Å². The molecule has 0 aliphatic carbocycles. The van der Waals surface area contributed by atoms with Crippen molar-refractivity contribution in [3.63, 3.8) is 0 Å². The lowest BCUT2D eigenvalue weighted by Crippen LogP contribution is -2.29. The van der Waals surface area contributed by atoms with Gasteiger partial charge in [0, 0.05) is 18.2 Å². The number of carbonyl (C=O) groups is 2. The van der Waals surface area contributed by atoms with Crippen molar-refractivity contribution in [3.05, 3.63) is 77.3 Å². The summed E-state index contributed by atoms with van der Waals surface area (Å²) in [4.78, 5) is 27.8. The number of rotatable bonds is 6. The molecule has 1 aliphatic rings. The fourth-order valence-electron chi connectivity index (χ4n) is 3.90. The third-order valence-corrected chi connectivity index (χ3v) is 5.48. The quantitative estimate of drug-likeness (QED) is 0.341. The molecule has 2 aromatic carbocycles. The highest BCUT2D eigenvalue weighted by Crippen LogP contribution is 2.44. The smallest absolute Gasteiger partial charge is 0.300 e.